The summed E-state index contributed by atoms with van der Waals surface area (Å²) in [5, 5.41) is 0. The number of nitrogens with one attached hydrogen (secondary N) is 1. The topological polar surface area (TPSA) is 50.4 Å². The van der Waals surface area contributed by atoms with Gasteiger partial charge in [0.15, 0.2) is 0 Å². The lowest BCUT2D eigenvalue weighted by molar-refractivity contribution is 0.512. The molecule has 70 valence electrons. The number of hydrogen-bond acceptors (Lipinski definition) is 2. The molecule has 0 aromatic carbocycles. The molecule has 1 saturated carbocycles. The predicted octanol–water partition coefficient (Wildman–Crippen LogP) is 1.45. The molecule has 1 aliphatic rings. The van der Waals surface area contributed by atoms with Gasteiger partial charge in [-0.25, -0.2) is 5.84 Å². The molecule has 3 N–H and O–H groups in total. The number of nitrogens with two attached hydrogens (primary N) is 1. The second kappa shape index (κ2) is 5.14. The van der Waals surface area contributed by atoms with Gasteiger partial charge < -0.3 is 5.43 Å². The number of aliphatic imine (C=N–C) groups is 1. The highest BCUT2D eigenvalue weighted by Crippen LogP contribution is 2.28. The van der Waals surface area contributed by atoms with Crippen LogP contribution in [0.2, 0.25) is 0 Å². The third-order valence-corrected chi connectivity index (χ3v) is 2.70. The molecular weight excluding hydrogens is 150 g/mol. The van der Waals surface area contributed by atoms with E-state index in [9.17, 15) is 0 Å². The first-order valence-corrected chi connectivity index (χ1v) is 4.79. The van der Waals surface area contributed by atoms with Crippen LogP contribution in [0.1, 0.15) is 38.5 Å². The first-order chi connectivity index (χ1) is 5.86. The van der Waals surface area contributed by atoms with E-state index in [0.29, 0.717) is 0 Å². The molecule has 3 nitrogen and oxygen atoms in total. The van der Waals surface area contributed by atoms with Gasteiger partial charge in [0.2, 0.25) is 0 Å². The summed E-state index contributed by atoms with van der Waals surface area (Å²) in [4.78, 5) is 4.05. The highest BCUT2D eigenvalue weighted by atomic mass is 15.2. The molecule has 0 atom stereocenters. The molecule has 12 heavy (non-hydrogen) atoms. The minimum absolute atomic E-state index is 0.926. The van der Waals surface area contributed by atoms with Crippen LogP contribution in [-0.4, -0.2) is 12.9 Å². The van der Waals surface area contributed by atoms with Gasteiger partial charge >= 0.3 is 0 Å². The van der Waals surface area contributed by atoms with Crippen LogP contribution in [0.3, 0.4) is 0 Å². The lowest BCUT2D eigenvalue weighted by Gasteiger charge is -2.09. The van der Waals surface area contributed by atoms with Crippen LogP contribution in [0.4, 0.5) is 0 Å². The van der Waals surface area contributed by atoms with E-state index in [4.69, 9.17) is 5.84 Å². The van der Waals surface area contributed by atoms with Gasteiger partial charge in [-0.2, -0.15) is 0 Å². The van der Waals surface area contributed by atoms with Crippen LogP contribution in [0.5, 0.6) is 0 Å². The Bertz CT molecular complexity index is 148. The van der Waals surface area contributed by atoms with Crippen molar-refractivity contribution < 1.29 is 0 Å². The average Bonchev–Trinajstić information content (AvgIpc) is 2.59. The molecule has 1 rings (SSSR count). The second-order valence-corrected chi connectivity index (χ2v) is 3.50. The lowest BCUT2D eigenvalue weighted by Crippen LogP contribution is -2.30. The van der Waals surface area contributed by atoms with Crippen molar-refractivity contribution >= 4 is 5.84 Å². The van der Waals surface area contributed by atoms with Crippen LogP contribution >= 0.6 is 0 Å². The van der Waals surface area contributed by atoms with E-state index < -0.39 is 0 Å². The van der Waals surface area contributed by atoms with Crippen molar-refractivity contribution in [2.75, 3.05) is 7.05 Å². The Morgan fingerprint density at radius 2 is 2.17 bits per heavy atom. The van der Waals surface area contributed by atoms with Crippen molar-refractivity contribution in [1.29, 1.82) is 0 Å². The van der Waals surface area contributed by atoms with E-state index in [-0.39, 0.29) is 0 Å². The van der Waals surface area contributed by atoms with E-state index in [0.717, 1.165) is 18.2 Å². The van der Waals surface area contributed by atoms with Crippen molar-refractivity contribution in [2.45, 2.75) is 38.5 Å². The molecule has 0 aliphatic heterocycles. The van der Waals surface area contributed by atoms with Gasteiger partial charge in [0.25, 0.3) is 0 Å². The molecular formula is C9H19N3. The van der Waals surface area contributed by atoms with E-state index in [1.165, 1.54) is 32.1 Å². The summed E-state index contributed by atoms with van der Waals surface area (Å²) in [5.74, 6) is 7.15. The summed E-state index contributed by atoms with van der Waals surface area (Å²) in [6.07, 6.45) is 7.90. The largest absolute Gasteiger partial charge is 0.312 e. The molecule has 0 amide bonds. The van der Waals surface area contributed by atoms with Crippen molar-refractivity contribution in [2.24, 2.45) is 16.8 Å². The maximum atomic E-state index is 5.29. The van der Waals surface area contributed by atoms with Gasteiger partial charge in [-0.05, 0) is 12.3 Å². The Balaban J connectivity index is 2.15. The molecule has 0 spiro atoms. The normalized spacial score (nSPS) is 20.0. The van der Waals surface area contributed by atoms with Gasteiger partial charge in [-0.15, -0.1) is 0 Å². The SMILES string of the molecule is CN=C(CCC1CCCC1)NN. The fraction of sp³-hybridized carbons (Fsp3) is 0.889. The zero-order chi connectivity index (χ0) is 8.81. The Morgan fingerprint density at radius 1 is 1.50 bits per heavy atom. The van der Waals surface area contributed by atoms with Crippen LogP contribution in [0.15, 0.2) is 4.99 Å². The number of nitrogens with zero attached hydrogens (tertiary/aromatic N) is 1. The van der Waals surface area contributed by atoms with Crippen LogP contribution in [0, 0.1) is 5.92 Å². The summed E-state index contributed by atoms with van der Waals surface area (Å²) in [5.41, 5.74) is 2.63. The number of hydrazine groups is 1. The van der Waals surface area contributed by atoms with E-state index >= 15 is 0 Å². The summed E-state index contributed by atoms with van der Waals surface area (Å²) in [6.45, 7) is 0. The minimum atomic E-state index is 0.926. The van der Waals surface area contributed by atoms with Gasteiger partial charge in [0.1, 0.15) is 5.84 Å². The predicted molar refractivity (Wildman–Crippen MR) is 51.9 cm³/mol. The van der Waals surface area contributed by atoms with Gasteiger partial charge in [-0.3, -0.25) is 4.99 Å². The first-order valence-electron chi connectivity index (χ1n) is 4.79. The van der Waals surface area contributed by atoms with Crippen molar-refractivity contribution in [3.63, 3.8) is 0 Å². The van der Waals surface area contributed by atoms with Gasteiger partial charge in [-0.1, -0.05) is 25.7 Å². The molecule has 1 fully saturated rings. The molecule has 0 aromatic rings. The zero-order valence-electron chi connectivity index (χ0n) is 7.84. The van der Waals surface area contributed by atoms with Crippen molar-refractivity contribution in [1.82, 2.24) is 5.43 Å². The zero-order valence-corrected chi connectivity index (χ0v) is 7.84. The second-order valence-electron chi connectivity index (χ2n) is 3.50. The Kier molecular flexibility index (Phi) is 4.08. The summed E-state index contributed by atoms with van der Waals surface area (Å²) >= 11 is 0. The standard InChI is InChI=1S/C9H19N3/c1-11-9(12-10)7-6-8-4-2-3-5-8/h8H,2-7,10H2,1H3,(H,11,12). The maximum Gasteiger partial charge on any atom is 0.110 e. The average molecular weight is 169 g/mol. The highest BCUT2D eigenvalue weighted by Gasteiger charge is 2.14. The Hall–Kier alpha value is -0.570. The summed E-state index contributed by atoms with van der Waals surface area (Å²) in [7, 11) is 1.78. The fourth-order valence-corrected chi connectivity index (χ4v) is 1.89. The lowest BCUT2D eigenvalue weighted by atomic mass is 10.0. The number of rotatable bonds is 3. The maximum absolute atomic E-state index is 5.29. The molecule has 0 radical (unpaired) electrons. The minimum Gasteiger partial charge on any atom is -0.312 e. The van der Waals surface area contributed by atoms with Gasteiger partial charge in [0, 0.05) is 13.5 Å². The fourth-order valence-electron chi connectivity index (χ4n) is 1.89. The smallest absolute Gasteiger partial charge is 0.110 e. The van der Waals surface area contributed by atoms with E-state index in [2.05, 4.69) is 10.4 Å². The molecule has 0 heterocycles. The molecule has 1 aliphatic carbocycles. The molecule has 0 aromatic heterocycles. The molecule has 0 bridgehead atoms. The number of amidine groups is 1. The van der Waals surface area contributed by atoms with Crippen molar-refractivity contribution in [3.05, 3.63) is 0 Å². The molecule has 0 saturated heterocycles. The van der Waals surface area contributed by atoms with Gasteiger partial charge in [0.05, 0.1) is 0 Å². The molecule has 0 unspecified atom stereocenters. The number of hydrogen-bond donors (Lipinski definition) is 2. The van der Waals surface area contributed by atoms with E-state index in [1.807, 2.05) is 0 Å². The van der Waals surface area contributed by atoms with Crippen LogP contribution in [-0.2, 0) is 0 Å². The van der Waals surface area contributed by atoms with Crippen LogP contribution in [0.25, 0.3) is 0 Å². The molecule has 3 heteroatoms. The van der Waals surface area contributed by atoms with Crippen LogP contribution < -0.4 is 11.3 Å². The summed E-state index contributed by atoms with van der Waals surface area (Å²) < 4.78 is 0. The van der Waals surface area contributed by atoms with E-state index in [1.54, 1.807) is 7.05 Å². The monoisotopic (exact) mass is 169 g/mol. The highest BCUT2D eigenvalue weighted by molar-refractivity contribution is 5.81. The summed E-state index contributed by atoms with van der Waals surface area (Å²) in [6, 6.07) is 0. The first kappa shape index (κ1) is 9.52. The van der Waals surface area contributed by atoms with Crippen molar-refractivity contribution in [3.8, 4) is 0 Å². The Morgan fingerprint density at radius 3 is 2.67 bits per heavy atom. The quantitative estimate of drug-likeness (QED) is 0.291. The third kappa shape index (κ3) is 2.81. The third-order valence-electron chi connectivity index (χ3n) is 2.70. The Labute approximate surface area is 74.4 Å².